The highest BCUT2D eigenvalue weighted by atomic mass is 16.5. The average molecular weight is 454 g/mol. The summed E-state index contributed by atoms with van der Waals surface area (Å²) in [7, 11) is 0. The van der Waals surface area contributed by atoms with Gasteiger partial charge in [-0.2, -0.15) is 4.98 Å². The highest BCUT2D eigenvalue weighted by Gasteiger charge is 2.22. The van der Waals surface area contributed by atoms with Crippen molar-refractivity contribution in [3.8, 4) is 11.5 Å². The van der Waals surface area contributed by atoms with Crippen molar-refractivity contribution >= 4 is 5.91 Å². The fraction of sp³-hybridized carbons (Fsp3) is 0.500. The molecule has 9 heteroatoms. The SMILES string of the molecule is Cc1noc(C)c1-c1nc(CN2CCCN(C(=O)CCCOCc3ccccc3)CC2)no1. The van der Waals surface area contributed by atoms with Gasteiger partial charge < -0.3 is 18.7 Å². The Hall–Kier alpha value is -3.04. The van der Waals surface area contributed by atoms with Crippen LogP contribution in [0.1, 0.15) is 42.1 Å². The zero-order valence-electron chi connectivity index (χ0n) is 19.3. The molecule has 0 N–H and O–H groups in total. The molecule has 1 aliphatic rings. The summed E-state index contributed by atoms with van der Waals surface area (Å²) < 4.78 is 16.3. The second-order valence-corrected chi connectivity index (χ2v) is 8.37. The fourth-order valence-corrected chi connectivity index (χ4v) is 4.03. The first kappa shape index (κ1) is 23.1. The molecule has 4 rings (SSSR count). The summed E-state index contributed by atoms with van der Waals surface area (Å²) >= 11 is 0. The fourth-order valence-electron chi connectivity index (χ4n) is 4.03. The quantitative estimate of drug-likeness (QED) is 0.455. The van der Waals surface area contributed by atoms with E-state index >= 15 is 0 Å². The molecule has 3 heterocycles. The van der Waals surface area contributed by atoms with Crippen LogP contribution in [0.2, 0.25) is 0 Å². The molecule has 0 atom stereocenters. The summed E-state index contributed by atoms with van der Waals surface area (Å²) in [5.74, 6) is 1.92. The van der Waals surface area contributed by atoms with Crippen LogP contribution < -0.4 is 0 Å². The van der Waals surface area contributed by atoms with Gasteiger partial charge in [-0.1, -0.05) is 40.6 Å². The molecule has 1 amide bonds. The molecule has 0 aliphatic carbocycles. The van der Waals surface area contributed by atoms with Crippen LogP contribution in [0.15, 0.2) is 39.4 Å². The molecule has 9 nitrogen and oxygen atoms in total. The van der Waals surface area contributed by atoms with Gasteiger partial charge in [0, 0.05) is 39.2 Å². The summed E-state index contributed by atoms with van der Waals surface area (Å²) in [6, 6.07) is 10.1. The van der Waals surface area contributed by atoms with E-state index in [9.17, 15) is 4.79 Å². The first-order chi connectivity index (χ1) is 16.1. The molecule has 0 unspecified atom stereocenters. The number of hydrogen-bond acceptors (Lipinski definition) is 8. The average Bonchev–Trinajstić information content (AvgIpc) is 3.32. The first-order valence-electron chi connectivity index (χ1n) is 11.5. The second-order valence-electron chi connectivity index (χ2n) is 8.37. The zero-order chi connectivity index (χ0) is 23.0. The van der Waals surface area contributed by atoms with Crippen LogP contribution in [0, 0.1) is 13.8 Å². The number of aryl methyl sites for hydroxylation is 2. The minimum atomic E-state index is 0.195. The van der Waals surface area contributed by atoms with Crippen molar-refractivity contribution in [2.45, 2.75) is 46.3 Å². The molecule has 0 bridgehead atoms. The van der Waals surface area contributed by atoms with Gasteiger partial charge in [0.05, 0.1) is 18.8 Å². The van der Waals surface area contributed by atoms with Crippen molar-refractivity contribution in [2.24, 2.45) is 0 Å². The van der Waals surface area contributed by atoms with Crippen molar-refractivity contribution in [3.05, 3.63) is 53.2 Å². The van der Waals surface area contributed by atoms with E-state index in [-0.39, 0.29) is 5.91 Å². The molecule has 2 aromatic heterocycles. The van der Waals surface area contributed by atoms with Gasteiger partial charge in [0.2, 0.25) is 5.91 Å². The normalized spacial score (nSPS) is 15.0. The van der Waals surface area contributed by atoms with E-state index in [2.05, 4.69) is 20.2 Å². The van der Waals surface area contributed by atoms with Gasteiger partial charge in [-0.25, -0.2) is 0 Å². The van der Waals surface area contributed by atoms with E-state index < -0.39 is 0 Å². The third-order valence-corrected chi connectivity index (χ3v) is 5.81. The van der Waals surface area contributed by atoms with Gasteiger partial charge in [0.15, 0.2) is 5.82 Å². The van der Waals surface area contributed by atoms with Gasteiger partial charge in [-0.15, -0.1) is 0 Å². The minimum Gasteiger partial charge on any atom is -0.377 e. The van der Waals surface area contributed by atoms with E-state index in [1.807, 2.05) is 49.1 Å². The number of nitrogens with zero attached hydrogens (tertiary/aromatic N) is 5. The topological polar surface area (TPSA) is 97.7 Å². The monoisotopic (exact) mass is 453 g/mol. The van der Waals surface area contributed by atoms with E-state index in [4.69, 9.17) is 13.8 Å². The van der Waals surface area contributed by atoms with E-state index in [0.717, 1.165) is 49.3 Å². The third kappa shape index (κ3) is 6.27. The molecule has 1 aliphatic heterocycles. The molecular formula is C24H31N5O4. The Morgan fingerprint density at radius 3 is 2.70 bits per heavy atom. The smallest absolute Gasteiger partial charge is 0.263 e. The van der Waals surface area contributed by atoms with Gasteiger partial charge >= 0.3 is 0 Å². The van der Waals surface area contributed by atoms with Crippen LogP contribution in [-0.2, 0) is 22.7 Å². The van der Waals surface area contributed by atoms with Crippen molar-refractivity contribution in [2.75, 3.05) is 32.8 Å². The molecule has 3 aromatic rings. The largest absolute Gasteiger partial charge is 0.377 e. The number of rotatable bonds is 9. The Kier molecular flexibility index (Phi) is 7.85. The predicted octanol–water partition coefficient (Wildman–Crippen LogP) is 3.37. The van der Waals surface area contributed by atoms with Gasteiger partial charge in [0.25, 0.3) is 5.89 Å². The Morgan fingerprint density at radius 1 is 1.06 bits per heavy atom. The van der Waals surface area contributed by atoms with Crippen molar-refractivity contribution in [1.29, 1.82) is 0 Å². The molecule has 0 radical (unpaired) electrons. The second kappa shape index (κ2) is 11.2. The number of aromatic nitrogens is 3. The van der Waals surface area contributed by atoms with Crippen LogP contribution in [-0.4, -0.2) is 63.8 Å². The van der Waals surface area contributed by atoms with Crippen LogP contribution >= 0.6 is 0 Å². The molecule has 176 valence electrons. The molecule has 1 fully saturated rings. The van der Waals surface area contributed by atoms with Gasteiger partial charge in [0.1, 0.15) is 11.3 Å². The molecule has 0 saturated carbocycles. The van der Waals surface area contributed by atoms with E-state index in [1.54, 1.807) is 0 Å². The maximum atomic E-state index is 12.6. The lowest BCUT2D eigenvalue weighted by Crippen LogP contribution is -2.35. The highest BCUT2D eigenvalue weighted by molar-refractivity contribution is 5.76. The van der Waals surface area contributed by atoms with Crippen LogP contribution in [0.25, 0.3) is 11.5 Å². The lowest BCUT2D eigenvalue weighted by molar-refractivity contribution is -0.131. The summed E-state index contributed by atoms with van der Waals surface area (Å²) in [5, 5.41) is 8.06. The van der Waals surface area contributed by atoms with Gasteiger partial charge in [-0.05, 0) is 32.3 Å². The molecule has 1 aromatic carbocycles. The maximum Gasteiger partial charge on any atom is 0.263 e. The molecular weight excluding hydrogens is 422 g/mol. The number of ether oxygens (including phenoxy) is 1. The number of hydrogen-bond donors (Lipinski definition) is 0. The summed E-state index contributed by atoms with van der Waals surface area (Å²) in [4.78, 5) is 21.4. The van der Waals surface area contributed by atoms with Crippen molar-refractivity contribution < 1.29 is 18.6 Å². The first-order valence-corrected chi connectivity index (χ1v) is 11.5. The predicted molar refractivity (Wildman–Crippen MR) is 121 cm³/mol. The Bertz CT molecular complexity index is 1010. The lowest BCUT2D eigenvalue weighted by atomic mass is 10.2. The standard InChI is InChI=1S/C24H31N5O4/c1-18-23(19(2)32-26-18)24-25-21(27-33-24)16-28-11-7-12-29(14-13-28)22(30)10-6-15-31-17-20-8-4-3-5-9-20/h3-5,8-9H,6-7,10-17H2,1-2H3. The maximum absolute atomic E-state index is 12.6. The molecule has 33 heavy (non-hydrogen) atoms. The summed E-state index contributed by atoms with van der Waals surface area (Å²) in [6.07, 6.45) is 2.17. The van der Waals surface area contributed by atoms with Crippen molar-refractivity contribution in [1.82, 2.24) is 25.1 Å². The van der Waals surface area contributed by atoms with E-state index in [1.165, 1.54) is 0 Å². The number of benzene rings is 1. The summed E-state index contributed by atoms with van der Waals surface area (Å²) in [5.41, 5.74) is 2.64. The van der Waals surface area contributed by atoms with Gasteiger partial charge in [-0.3, -0.25) is 9.69 Å². The number of carbonyl (C=O) groups is 1. The summed E-state index contributed by atoms with van der Waals surface area (Å²) in [6.45, 7) is 8.59. The van der Waals surface area contributed by atoms with Crippen LogP contribution in [0.4, 0.5) is 0 Å². The highest BCUT2D eigenvalue weighted by Crippen LogP contribution is 2.25. The number of carbonyl (C=O) groups excluding carboxylic acids is 1. The number of amides is 1. The van der Waals surface area contributed by atoms with Crippen molar-refractivity contribution in [3.63, 3.8) is 0 Å². The van der Waals surface area contributed by atoms with E-state index in [0.29, 0.717) is 50.2 Å². The minimum absolute atomic E-state index is 0.195. The third-order valence-electron chi connectivity index (χ3n) is 5.81. The van der Waals surface area contributed by atoms with Crippen LogP contribution in [0.5, 0.6) is 0 Å². The zero-order valence-corrected chi connectivity index (χ0v) is 19.3. The molecule has 1 saturated heterocycles. The van der Waals surface area contributed by atoms with Crippen LogP contribution in [0.3, 0.4) is 0 Å². The Morgan fingerprint density at radius 2 is 1.91 bits per heavy atom. The lowest BCUT2D eigenvalue weighted by Gasteiger charge is -2.21. The molecule has 0 spiro atoms. The Balaban J connectivity index is 1.19. The Labute approximate surface area is 193 Å².